The number of halogens is 1. The number of hydrogen-bond donors (Lipinski definition) is 1. The van der Waals surface area contributed by atoms with Crippen molar-refractivity contribution in [1.29, 1.82) is 0 Å². The maximum Gasteiger partial charge on any atom is 0.323 e. The Hall–Kier alpha value is -1.56. The molecule has 0 aliphatic carbocycles. The number of rotatable bonds is 6. The second kappa shape index (κ2) is 6.26. The van der Waals surface area contributed by atoms with Crippen LogP contribution in [0.15, 0.2) is 0 Å². The molecular weight excluding hydrogens is 284 g/mol. The average Bonchev–Trinajstić information content (AvgIpc) is 2.66. The number of carboxylic acid groups (broad SMARTS) is 1. The van der Waals surface area contributed by atoms with Gasteiger partial charge in [-0.05, 0) is 27.7 Å². The second-order valence-electron chi connectivity index (χ2n) is 4.70. The van der Waals surface area contributed by atoms with Gasteiger partial charge in [-0.25, -0.2) is 0 Å². The van der Waals surface area contributed by atoms with Crippen LogP contribution < -0.4 is 0 Å². The van der Waals surface area contributed by atoms with Crippen LogP contribution in [0.3, 0.4) is 0 Å². The van der Waals surface area contributed by atoms with Crippen LogP contribution in [0.5, 0.6) is 0 Å². The Morgan fingerprint density at radius 2 is 2.05 bits per heavy atom. The standard InChI is InChI=1S/C13H19ClN2O4/c1-5-16-9(10(14)8(3)15-16)7-13(4,11(17)18)12(19)20-6-2/h5-7H2,1-4H3,(H,17,18). The molecule has 1 aromatic heterocycles. The number of aliphatic carboxylic acids is 1. The van der Waals surface area contributed by atoms with Gasteiger partial charge in [0, 0.05) is 13.0 Å². The number of ether oxygens (including phenoxy) is 1. The van der Waals surface area contributed by atoms with E-state index in [2.05, 4.69) is 5.10 Å². The Morgan fingerprint density at radius 3 is 2.50 bits per heavy atom. The van der Waals surface area contributed by atoms with E-state index in [4.69, 9.17) is 16.3 Å². The normalized spacial score (nSPS) is 13.8. The van der Waals surface area contributed by atoms with Crippen LogP contribution in [0, 0.1) is 12.3 Å². The molecule has 0 spiro atoms. The van der Waals surface area contributed by atoms with Crippen molar-refractivity contribution in [3.05, 3.63) is 16.4 Å². The summed E-state index contributed by atoms with van der Waals surface area (Å²) >= 11 is 6.16. The summed E-state index contributed by atoms with van der Waals surface area (Å²) in [5.74, 6) is -2.02. The molecule has 112 valence electrons. The average molecular weight is 303 g/mol. The highest BCUT2D eigenvalue weighted by molar-refractivity contribution is 6.31. The fourth-order valence-corrected chi connectivity index (χ4v) is 2.10. The number of aryl methyl sites for hydroxylation is 2. The first-order chi connectivity index (χ1) is 9.27. The number of nitrogens with zero attached hydrogens (tertiary/aromatic N) is 2. The lowest BCUT2D eigenvalue weighted by atomic mass is 9.85. The monoisotopic (exact) mass is 302 g/mol. The van der Waals surface area contributed by atoms with Gasteiger partial charge in [0.25, 0.3) is 0 Å². The molecule has 1 N–H and O–H groups in total. The van der Waals surface area contributed by atoms with E-state index in [0.29, 0.717) is 23.0 Å². The molecule has 0 aliphatic rings. The fraction of sp³-hybridized carbons (Fsp3) is 0.615. The minimum atomic E-state index is -1.68. The summed E-state index contributed by atoms with van der Waals surface area (Å²) in [6.07, 6.45) is -0.0608. The molecule has 1 atom stereocenters. The number of esters is 1. The molecule has 1 aromatic rings. The summed E-state index contributed by atoms with van der Waals surface area (Å²) in [7, 11) is 0. The lowest BCUT2D eigenvalue weighted by Gasteiger charge is -2.23. The van der Waals surface area contributed by atoms with E-state index >= 15 is 0 Å². The maximum atomic E-state index is 12.0. The number of carboxylic acids is 1. The third kappa shape index (κ3) is 2.95. The number of carbonyl (C=O) groups is 2. The van der Waals surface area contributed by atoms with E-state index in [-0.39, 0.29) is 13.0 Å². The molecule has 1 rings (SSSR count). The molecule has 0 amide bonds. The fourth-order valence-electron chi connectivity index (χ4n) is 1.90. The lowest BCUT2D eigenvalue weighted by Crippen LogP contribution is -2.40. The largest absolute Gasteiger partial charge is 0.480 e. The molecule has 1 heterocycles. The third-order valence-corrected chi connectivity index (χ3v) is 3.66. The van der Waals surface area contributed by atoms with E-state index in [1.807, 2.05) is 6.92 Å². The third-order valence-electron chi connectivity index (χ3n) is 3.17. The molecule has 0 radical (unpaired) electrons. The van der Waals surface area contributed by atoms with E-state index in [1.165, 1.54) is 6.92 Å². The van der Waals surface area contributed by atoms with Crippen molar-refractivity contribution in [2.24, 2.45) is 5.41 Å². The van der Waals surface area contributed by atoms with Gasteiger partial charge in [0.1, 0.15) is 0 Å². The van der Waals surface area contributed by atoms with Crippen molar-refractivity contribution in [3.63, 3.8) is 0 Å². The molecule has 6 nitrogen and oxygen atoms in total. The predicted molar refractivity (Wildman–Crippen MR) is 73.7 cm³/mol. The minimum Gasteiger partial charge on any atom is -0.480 e. The summed E-state index contributed by atoms with van der Waals surface area (Å²) in [6, 6.07) is 0. The summed E-state index contributed by atoms with van der Waals surface area (Å²) in [6.45, 7) is 7.25. The van der Waals surface area contributed by atoms with Crippen LogP contribution in [0.1, 0.15) is 32.2 Å². The first-order valence-electron chi connectivity index (χ1n) is 6.40. The first-order valence-corrected chi connectivity index (χ1v) is 6.78. The molecular formula is C13H19ClN2O4. The highest BCUT2D eigenvalue weighted by atomic mass is 35.5. The van der Waals surface area contributed by atoms with Crippen molar-refractivity contribution in [2.45, 2.75) is 40.7 Å². The van der Waals surface area contributed by atoms with Crippen LogP contribution in [0.4, 0.5) is 0 Å². The van der Waals surface area contributed by atoms with Crippen molar-refractivity contribution < 1.29 is 19.4 Å². The Morgan fingerprint density at radius 1 is 1.45 bits per heavy atom. The Labute approximate surface area is 122 Å². The van der Waals surface area contributed by atoms with Gasteiger partial charge in [0.2, 0.25) is 0 Å². The number of aromatic nitrogens is 2. The van der Waals surface area contributed by atoms with Gasteiger partial charge in [0.05, 0.1) is 23.0 Å². The van der Waals surface area contributed by atoms with Crippen LogP contribution in [-0.2, 0) is 27.3 Å². The predicted octanol–water partition coefficient (Wildman–Crippen LogP) is 2.06. The molecule has 0 fully saturated rings. The van der Waals surface area contributed by atoms with Crippen molar-refractivity contribution >= 4 is 23.5 Å². The topological polar surface area (TPSA) is 81.4 Å². The highest BCUT2D eigenvalue weighted by Gasteiger charge is 2.44. The van der Waals surface area contributed by atoms with Gasteiger partial charge in [-0.1, -0.05) is 11.6 Å². The van der Waals surface area contributed by atoms with Crippen molar-refractivity contribution in [1.82, 2.24) is 9.78 Å². The SMILES string of the molecule is CCOC(=O)C(C)(Cc1c(Cl)c(C)nn1CC)C(=O)O. The number of hydrogen-bond acceptors (Lipinski definition) is 4. The van der Waals surface area contributed by atoms with E-state index < -0.39 is 17.4 Å². The van der Waals surface area contributed by atoms with Gasteiger partial charge >= 0.3 is 11.9 Å². The summed E-state index contributed by atoms with van der Waals surface area (Å²) in [5, 5.41) is 14.0. The van der Waals surface area contributed by atoms with Crippen molar-refractivity contribution in [3.8, 4) is 0 Å². The zero-order valence-electron chi connectivity index (χ0n) is 12.1. The van der Waals surface area contributed by atoms with Gasteiger partial charge in [0.15, 0.2) is 5.41 Å². The van der Waals surface area contributed by atoms with Gasteiger partial charge in [-0.15, -0.1) is 0 Å². The van der Waals surface area contributed by atoms with E-state index in [9.17, 15) is 14.7 Å². The quantitative estimate of drug-likeness (QED) is 0.642. The Bertz CT molecular complexity index is 527. The summed E-state index contributed by atoms with van der Waals surface area (Å²) in [4.78, 5) is 23.4. The van der Waals surface area contributed by atoms with Gasteiger partial charge in [-0.2, -0.15) is 5.10 Å². The summed E-state index contributed by atoms with van der Waals surface area (Å²) in [5.41, 5.74) is -0.538. The number of carbonyl (C=O) groups excluding carboxylic acids is 1. The molecule has 20 heavy (non-hydrogen) atoms. The summed E-state index contributed by atoms with van der Waals surface area (Å²) < 4.78 is 6.48. The molecule has 0 saturated heterocycles. The molecule has 7 heteroatoms. The zero-order chi connectivity index (χ0) is 15.5. The molecule has 0 saturated carbocycles. The second-order valence-corrected chi connectivity index (χ2v) is 5.07. The minimum absolute atomic E-state index is 0.0608. The van der Waals surface area contributed by atoms with Gasteiger partial charge in [-0.3, -0.25) is 14.3 Å². The smallest absolute Gasteiger partial charge is 0.323 e. The molecule has 0 aliphatic heterocycles. The van der Waals surface area contributed by atoms with Crippen LogP contribution in [-0.4, -0.2) is 33.4 Å². The van der Waals surface area contributed by atoms with Crippen LogP contribution >= 0.6 is 11.6 Å². The van der Waals surface area contributed by atoms with Gasteiger partial charge < -0.3 is 9.84 Å². The Kier molecular flexibility index (Phi) is 5.16. The zero-order valence-corrected chi connectivity index (χ0v) is 12.8. The first kappa shape index (κ1) is 16.5. The molecule has 0 aromatic carbocycles. The Balaban J connectivity index is 3.21. The molecule has 0 bridgehead atoms. The molecule has 1 unspecified atom stereocenters. The lowest BCUT2D eigenvalue weighted by molar-refractivity contribution is -0.167. The van der Waals surface area contributed by atoms with E-state index in [0.717, 1.165) is 0 Å². The van der Waals surface area contributed by atoms with Crippen LogP contribution in [0.25, 0.3) is 0 Å². The van der Waals surface area contributed by atoms with E-state index in [1.54, 1.807) is 18.5 Å². The van der Waals surface area contributed by atoms with Crippen LogP contribution in [0.2, 0.25) is 5.02 Å². The highest BCUT2D eigenvalue weighted by Crippen LogP contribution is 2.30. The maximum absolute atomic E-state index is 12.0. The van der Waals surface area contributed by atoms with Crippen molar-refractivity contribution in [2.75, 3.05) is 6.61 Å².